The number of alkyl halides is 3. The molecule has 1 aliphatic rings. The third-order valence-electron chi connectivity index (χ3n) is 3.91. The van der Waals surface area contributed by atoms with E-state index in [1.807, 2.05) is 0 Å². The molecule has 27 heavy (non-hydrogen) atoms. The summed E-state index contributed by atoms with van der Waals surface area (Å²) in [6.45, 7) is -0.693. The Morgan fingerprint density at radius 1 is 1.30 bits per heavy atom. The van der Waals surface area contributed by atoms with Gasteiger partial charge in [0, 0.05) is 12.3 Å². The minimum absolute atomic E-state index is 0. The largest absolute Gasteiger partial charge is 0.468 e. The molecule has 0 saturated carbocycles. The molecule has 0 spiro atoms. The Hall–Kier alpha value is -1.30. The topological polar surface area (TPSA) is 97.4 Å². The van der Waals surface area contributed by atoms with Gasteiger partial charge in [0.15, 0.2) is 21.2 Å². The first-order valence-electron chi connectivity index (χ1n) is 7.41. The Morgan fingerprint density at radius 3 is 2.33 bits per heavy atom. The molecule has 1 amide bonds. The van der Waals surface area contributed by atoms with E-state index < -0.39 is 33.3 Å². The van der Waals surface area contributed by atoms with Gasteiger partial charge in [0.1, 0.15) is 0 Å². The third-order valence-corrected chi connectivity index (χ3v) is 5.93. The number of carbonyl (C=O) groups excluding carboxylic acids is 1. The van der Waals surface area contributed by atoms with Crippen LogP contribution in [-0.2, 0) is 14.6 Å². The van der Waals surface area contributed by atoms with Gasteiger partial charge in [-0.15, -0.1) is 24.8 Å². The average molecular weight is 454 g/mol. The summed E-state index contributed by atoms with van der Waals surface area (Å²) in [5.74, 6) is -0.933. The van der Waals surface area contributed by atoms with Gasteiger partial charge in [-0.2, -0.15) is 13.2 Å². The van der Waals surface area contributed by atoms with Crippen LogP contribution in [0.1, 0.15) is 12.8 Å². The van der Waals surface area contributed by atoms with Gasteiger partial charge < -0.3 is 15.4 Å². The van der Waals surface area contributed by atoms with Gasteiger partial charge in [-0.25, -0.2) is 13.4 Å². The number of nitrogens with zero attached hydrogens (tertiary/aromatic N) is 1. The lowest BCUT2D eigenvalue weighted by Crippen LogP contribution is -2.55. The van der Waals surface area contributed by atoms with Gasteiger partial charge in [0.05, 0.1) is 11.9 Å². The Kier molecular flexibility index (Phi) is 9.29. The molecular formula is C14H20Cl2F3N3O4S. The van der Waals surface area contributed by atoms with E-state index >= 15 is 0 Å². The van der Waals surface area contributed by atoms with Crippen molar-refractivity contribution in [2.24, 2.45) is 0 Å². The number of carbonyl (C=O) groups is 1. The number of aromatic nitrogens is 1. The van der Waals surface area contributed by atoms with Crippen LogP contribution in [-0.4, -0.2) is 56.2 Å². The fraction of sp³-hybridized carbons (Fsp3) is 0.571. The van der Waals surface area contributed by atoms with Crippen LogP contribution in [0, 0.1) is 0 Å². The van der Waals surface area contributed by atoms with Crippen molar-refractivity contribution in [2.75, 3.05) is 31.3 Å². The molecule has 1 aliphatic heterocycles. The molecule has 1 aromatic heterocycles. The highest BCUT2D eigenvalue weighted by atomic mass is 35.5. The Bertz CT molecular complexity index is 724. The van der Waals surface area contributed by atoms with Crippen molar-refractivity contribution in [2.45, 2.75) is 23.8 Å². The molecule has 1 saturated heterocycles. The van der Waals surface area contributed by atoms with E-state index in [4.69, 9.17) is 0 Å². The fourth-order valence-electron chi connectivity index (χ4n) is 2.54. The normalized spacial score (nSPS) is 16.4. The molecule has 2 N–H and O–H groups in total. The predicted molar refractivity (Wildman–Crippen MR) is 98.6 cm³/mol. The van der Waals surface area contributed by atoms with Crippen molar-refractivity contribution in [3.8, 4) is 5.88 Å². The average Bonchev–Trinajstić information content (AvgIpc) is 2.53. The second kappa shape index (κ2) is 9.76. The molecular weight excluding hydrogens is 434 g/mol. The lowest BCUT2D eigenvalue weighted by atomic mass is 9.96. The monoisotopic (exact) mass is 453 g/mol. The summed E-state index contributed by atoms with van der Waals surface area (Å²) in [4.78, 5) is 16.2. The second-order valence-electron chi connectivity index (χ2n) is 5.76. The predicted octanol–water partition coefficient (Wildman–Crippen LogP) is 1.97. The first-order valence-corrected chi connectivity index (χ1v) is 9.30. The molecule has 2 rings (SSSR count). The molecule has 2 heterocycles. The summed E-state index contributed by atoms with van der Waals surface area (Å²) < 4.78 is 63.5. The molecule has 0 unspecified atom stereocenters. The van der Waals surface area contributed by atoms with Crippen molar-refractivity contribution in [1.29, 1.82) is 0 Å². The highest BCUT2D eigenvalue weighted by Crippen LogP contribution is 2.29. The fourth-order valence-corrected chi connectivity index (χ4v) is 3.87. The van der Waals surface area contributed by atoms with E-state index in [1.165, 1.54) is 6.07 Å². The van der Waals surface area contributed by atoms with Gasteiger partial charge in [-0.1, -0.05) is 0 Å². The standard InChI is InChI=1S/C14H18F3N3O4S.2ClH/c1-25(22,23)13(4-6-18-7-5-13)12(21)20-10-2-3-11(19-8-10)24-9-14(15,16)17;;/h2-3,8,18H,4-7,9H2,1H3,(H,20,21);2*1H. The van der Waals surface area contributed by atoms with Gasteiger partial charge in [0.25, 0.3) is 0 Å². The molecule has 0 aromatic carbocycles. The summed E-state index contributed by atoms with van der Waals surface area (Å²) in [6.07, 6.45) is -2.08. The summed E-state index contributed by atoms with van der Waals surface area (Å²) in [6, 6.07) is 2.46. The zero-order valence-corrected chi connectivity index (χ0v) is 16.7. The van der Waals surface area contributed by atoms with E-state index in [1.54, 1.807) is 0 Å². The van der Waals surface area contributed by atoms with Crippen molar-refractivity contribution in [3.05, 3.63) is 18.3 Å². The van der Waals surface area contributed by atoms with Crippen molar-refractivity contribution >= 4 is 46.2 Å². The Morgan fingerprint density at radius 2 is 1.89 bits per heavy atom. The van der Waals surface area contributed by atoms with E-state index in [0.29, 0.717) is 13.1 Å². The number of nitrogens with one attached hydrogen (secondary N) is 2. The molecule has 0 radical (unpaired) electrons. The summed E-state index contributed by atoms with van der Waals surface area (Å²) in [7, 11) is -3.66. The second-order valence-corrected chi connectivity index (χ2v) is 8.09. The van der Waals surface area contributed by atoms with Gasteiger partial charge in [-0.05, 0) is 32.0 Å². The van der Waals surface area contributed by atoms with Crippen LogP contribution in [0.3, 0.4) is 0 Å². The Labute approximate surface area is 167 Å². The minimum atomic E-state index is -4.48. The zero-order valence-electron chi connectivity index (χ0n) is 14.2. The van der Waals surface area contributed by atoms with E-state index in [0.717, 1.165) is 18.5 Å². The quantitative estimate of drug-likeness (QED) is 0.707. The van der Waals surface area contributed by atoms with E-state index in [-0.39, 0.29) is 49.2 Å². The van der Waals surface area contributed by atoms with Crippen molar-refractivity contribution < 1.29 is 31.1 Å². The van der Waals surface area contributed by atoms with Gasteiger partial charge >= 0.3 is 6.18 Å². The molecule has 0 aliphatic carbocycles. The molecule has 13 heteroatoms. The van der Waals surface area contributed by atoms with Gasteiger partial charge in [0.2, 0.25) is 11.8 Å². The van der Waals surface area contributed by atoms with Crippen LogP contribution in [0.15, 0.2) is 18.3 Å². The highest BCUT2D eigenvalue weighted by molar-refractivity contribution is 7.92. The van der Waals surface area contributed by atoms with Crippen LogP contribution in [0.4, 0.5) is 18.9 Å². The van der Waals surface area contributed by atoms with Crippen LogP contribution in [0.5, 0.6) is 5.88 Å². The van der Waals surface area contributed by atoms with E-state index in [2.05, 4.69) is 20.4 Å². The van der Waals surface area contributed by atoms with Crippen LogP contribution < -0.4 is 15.4 Å². The summed E-state index contributed by atoms with van der Waals surface area (Å²) >= 11 is 0. The number of hydrogen-bond donors (Lipinski definition) is 2. The van der Waals surface area contributed by atoms with Crippen LogP contribution >= 0.6 is 24.8 Å². The number of rotatable bonds is 5. The number of amides is 1. The van der Waals surface area contributed by atoms with E-state index in [9.17, 15) is 26.4 Å². The van der Waals surface area contributed by atoms with Crippen LogP contribution in [0.2, 0.25) is 0 Å². The molecule has 1 fully saturated rings. The maximum Gasteiger partial charge on any atom is 0.422 e. The molecule has 156 valence electrons. The third kappa shape index (κ3) is 6.66. The molecule has 1 aromatic rings. The van der Waals surface area contributed by atoms with Crippen molar-refractivity contribution in [1.82, 2.24) is 10.3 Å². The minimum Gasteiger partial charge on any atom is -0.468 e. The molecule has 0 bridgehead atoms. The number of piperidine rings is 1. The van der Waals surface area contributed by atoms with Crippen molar-refractivity contribution in [3.63, 3.8) is 0 Å². The molecule has 7 nitrogen and oxygen atoms in total. The first-order chi connectivity index (χ1) is 11.5. The number of ether oxygens (including phenoxy) is 1. The smallest absolute Gasteiger partial charge is 0.422 e. The summed E-state index contributed by atoms with van der Waals surface area (Å²) in [5, 5.41) is 5.47. The lowest BCUT2D eigenvalue weighted by Gasteiger charge is -2.34. The number of anilines is 1. The number of halogens is 5. The summed E-state index contributed by atoms with van der Waals surface area (Å²) in [5.41, 5.74) is 0.172. The maximum atomic E-state index is 12.6. The SMILES string of the molecule is CS(=O)(=O)C1(C(=O)Nc2ccc(OCC(F)(F)F)nc2)CCNCC1.Cl.Cl. The number of sulfone groups is 1. The maximum absolute atomic E-state index is 12.6. The highest BCUT2D eigenvalue weighted by Gasteiger charge is 2.48. The number of hydrogen-bond acceptors (Lipinski definition) is 6. The zero-order chi connectivity index (χ0) is 18.7. The van der Waals surface area contributed by atoms with Crippen LogP contribution in [0.25, 0.3) is 0 Å². The van der Waals surface area contributed by atoms with Gasteiger partial charge in [-0.3, -0.25) is 4.79 Å². The lowest BCUT2D eigenvalue weighted by molar-refractivity contribution is -0.154. The Balaban J connectivity index is 0.00000338. The first kappa shape index (κ1) is 25.7. The number of pyridine rings is 1. The molecule has 0 atom stereocenters.